The van der Waals surface area contributed by atoms with Crippen LogP contribution in [-0.4, -0.2) is 189 Å². The van der Waals surface area contributed by atoms with E-state index in [1.807, 2.05) is 136 Å². The van der Waals surface area contributed by atoms with Crippen LogP contribution in [0.5, 0.6) is 0 Å². The van der Waals surface area contributed by atoms with Gasteiger partial charge >= 0.3 is 0 Å². The first-order chi connectivity index (χ1) is 33.4. The maximum atomic E-state index is 13.7. The smallest absolute Gasteiger partial charge is 0.255 e. The third-order valence-electron chi connectivity index (χ3n) is 10.4. The highest BCUT2D eigenvalue weighted by Gasteiger charge is 2.35. The molecule has 0 aliphatic carbocycles. The molecule has 6 atom stereocenters. The normalized spacial score (nSPS) is 13.9. The van der Waals surface area contributed by atoms with Crippen LogP contribution in [0.4, 0.5) is 11.4 Å². The second-order valence-corrected chi connectivity index (χ2v) is 22.5. The van der Waals surface area contributed by atoms with Gasteiger partial charge in [-0.05, 0) is 162 Å². The fraction of sp³-hybridized carbons (Fsp3) is 0.581. The van der Waals surface area contributed by atoms with Gasteiger partial charge in [0.15, 0.2) is 0 Å². The van der Waals surface area contributed by atoms with E-state index < -0.39 is 98.5 Å². The van der Waals surface area contributed by atoms with Crippen LogP contribution >= 0.6 is 136 Å². The van der Waals surface area contributed by atoms with Gasteiger partial charge in [-0.2, -0.15) is 0 Å². The van der Waals surface area contributed by atoms with Gasteiger partial charge < -0.3 is 82.1 Å². The monoisotopic (exact) mass is 1680 g/mol. The lowest BCUT2D eigenvalue weighted by atomic mass is 10.0. The molecule has 22 nitrogen and oxygen atoms in total. The Morgan fingerprint density at radius 3 is 0.803 bits per heavy atom. The summed E-state index contributed by atoms with van der Waals surface area (Å²) in [7, 11) is 0. The Morgan fingerprint density at radius 1 is 0.394 bits per heavy atom. The fourth-order valence-corrected chi connectivity index (χ4v) is 16.0. The molecule has 14 N–H and O–H groups in total. The molecule has 2 aromatic carbocycles. The highest BCUT2D eigenvalue weighted by atomic mass is 127. The van der Waals surface area contributed by atoms with Crippen LogP contribution in [0.2, 0.25) is 0 Å². The van der Waals surface area contributed by atoms with Crippen molar-refractivity contribution in [2.75, 3.05) is 75.5 Å². The zero-order valence-electron chi connectivity index (χ0n) is 38.6. The van der Waals surface area contributed by atoms with Crippen molar-refractivity contribution in [3.63, 3.8) is 0 Å². The number of carbonyl (C=O) groups excluding carboxylic acids is 6. The summed E-state index contributed by atoms with van der Waals surface area (Å²) in [5, 5.41) is 108. The molecular formula is C43H60I6N6O16. The highest BCUT2D eigenvalue weighted by Crippen LogP contribution is 2.40. The third-order valence-corrected chi connectivity index (χ3v) is 16.7. The van der Waals surface area contributed by atoms with Crippen LogP contribution in [-0.2, 0) is 9.59 Å². The van der Waals surface area contributed by atoms with Crippen molar-refractivity contribution >= 4 is 182 Å². The number of carbonyl (C=O) groups is 6. The SMILES string of the molecule is CC(O)C(=O)N(CCCCCCCCCN(C(=O)C(C)O)c1c(I)c(C(=O)NCC(O)CO)c(I)c(C(=O)NCC(O)CO)c1I)c1c(I)c(C(=O)NCC(O)CO)c(I)c(C(=O)NCC(O)CO)c1I. The molecule has 0 aliphatic rings. The number of aliphatic hydroxyl groups is 10. The van der Waals surface area contributed by atoms with Crippen molar-refractivity contribution in [3.8, 4) is 0 Å². The van der Waals surface area contributed by atoms with Crippen LogP contribution in [0.25, 0.3) is 0 Å². The number of halogens is 6. The number of nitrogens with zero attached hydrogens (tertiary/aromatic N) is 2. The Labute approximate surface area is 492 Å². The number of anilines is 2. The number of unbranched alkanes of at least 4 members (excludes halogenated alkanes) is 6. The second kappa shape index (κ2) is 33.4. The Bertz CT molecular complexity index is 1920. The Kier molecular flexibility index (Phi) is 31.2. The topological polar surface area (TPSA) is 359 Å². The lowest BCUT2D eigenvalue weighted by Crippen LogP contribution is -2.41. The van der Waals surface area contributed by atoms with Gasteiger partial charge in [-0.1, -0.05) is 32.1 Å². The van der Waals surface area contributed by atoms with Gasteiger partial charge in [-0.25, -0.2) is 0 Å². The first-order valence-electron chi connectivity index (χ1n) is 22.1. The molecule has 0 radical (unpaired) electrons. The van der Waals surface area contributed by atoms with Gasteiger partial charge in [0, 0.05) is 46.4 Å². The Hall–Kier alpha value is -0.760. The molecule has 2 rings (SSSR count). The van der Waals surface area contributed by atoms with E-state index in [-0.39, 0.29) is 94.3 Å². The third kappa shape index (κ3) is 19.3. The van der Waals surface area contributed by atoms with E-state index in [1.165, 1.54) is 23.6 Å². The quantitative estimate of drug-likeness (QED) is 0.0374. The van der Waals surface area contributed by atoms with Gasteiger partial charge in [0.2, 0.25) is 0 Å². The highest BCUT2D eigenvalue weighted by molar-refractivity contribution is 14.1. The molecule has 0 aromatic heterocycles. The number of hydrogen-bond acceptors (Lipinski definition) is 16. The molecule has 6 amide bonds. The average Bonchev–Trinajstić information content (AvgIpc) is 3.32. The summed E-state index contributed by atoms with van der Waals surface area (Å²) in [6.07, 6.45) is -3.91. The van der Waals surface area contributed by atoms with Crippen molar-refractivity contribution in [1.29, 1.82) is 0 Å². The maximum Gasteiger partial charge on any atom is 0.255 e. The van der Waals surface area contributed by atoms with Gasteiger partial charge in [-0.15, -0.1) is 0 Å². The molecule has 0 aliphatic heterocycles. The molecule has 0 saturated carbocycles. The van der Waals surface area contributed by atoms with Crippen molar-refractivity contribution in [1.82, 2.24) is 21.3 Å². The standard InChI is InChI=1S/C43H60I6N6O16/c1-20(60)42(70)54(36-32(46)26(38(66)50-12-22(62)16-56)30(44)27(33(36)47)39(67)51-13-23(63)17-57)10-8-6-4-3-5-7-9-11-55(43(71)21(2)61)37-34(48)28(40(68)52-14-24(64)18-58)31(45)29(35(37)49)41(69)53-15-25(65)19-59/h20-25,56-65H,3-19H2,1-2H3,(H,50,66)(H,51,67)(H,52,68)(H,53,69). The second-order valence-electron chi connectivity index (χ2n) is 16.1. The van der Waals surface area contributed by atoms with Gasteiger partial charge in [0.05, 0.1) is 98.8 Å². The number of amides is 6. The summed E-state index contributed by atoms with van der Waals surface area (Å²) < 4.78 is 1.43. The summed E-state index contributed by atoms with van der Waals surface area (Å²) in [6, 6.07) is 0. The molecular weight excluding hydrogens is 1620 g/mol. The predicted molar refractivity (Wildman–Crippen MR) is 311 cm³/mol. The van der Waals surface area contributed by atoms with Crippen LogP contribution in [0.3, 0.4) is 0 Å². The molecule has 6 unspecified atom stereocenters. The van der Waals surface area contributed by atoms with Gasteiger partial charge in [0.1, 0.15) is 12.2 Å². The first-order valence-corrected chi connectivity index (χ1v) is 28.6. The Morgan fingerprint density at radius 2 is 0.606 bits per heavy atom. The predicted octanol–water partition coefficient (Wildman–Crippen LogP) is 0.505. The minimum atomic E-state index is -1.48. The van der Waals surface area contributed by atoms with E-state index in [1.54, 1.807) is 0 Å². The number of benzene rings is 2. The summed E-state index contributed by atoms with van der Waals surface area (Å²) in [5.41, 5.74) is 0.312. The van der Waals surface area contributed by atoms with Crippen LogP contribution in [0.1, 0.15) is 100 Å². The fourth-order valence-electron chi connectivity index (χ4n) is 6.57. The van der Waals surface area contributed by atoms with E-state index in [9.17, 15) is 79.8 Å². The molecule has 0 heterocycles. The molecule has 28 heteroatoms. The van der Waals surface area contributed by atoms with Crippen molar-refractivity contribution in [2.45, 2.75) is 95.4 Å². The zero-order valence-corrected chi connectivity index (χ0v) is 51.5. The first kappa shape index (κ1) is 66.4. The lowest BCUT2D eigenvalue weighted by molar-refractivity contribution is -0.126. The van der Waals surface area contributed by atoms with E-state index >= 15 is 0 Å². The molecule has 400 valence electrons. The number of hydrogen-bond donors (Lipinski definition) is 14. The molecule has 0 fully saturated rings. The van der Waals surface area contributed by atoms with Crippen LogP contribution in [0.15, 0.2) is 0 Å². The van der Waals surface area contributed by atoms with E-state index in [4.69, 9.17) is 0 Å². The molecule has 0 saturated heterocycles. The maximum absolute atomic E-state index is 13.7. The summed E-state index contributed by atoms with van der Waals surface area (Å²) in [4.78, 5) is 84.5. The molecule has 71 heavy (non-hydrogen) atoms. The lowest BCUT2D eigenvalue weighted by Gasteiger charge is -2.29. The van der Waals surface area contributed by atoms with E-state index in [0.29, 0.717) is 44.9 Å². The van der Waals surface area contributed by atoms with E-state index in [0.717, 1.165) is 0 Å². The van der Waals surface area contributed by atoms with Crippen LogP contribution in [0, 0.1) is 21.4 Å². The zero-order chi connectivity index (χ0) is 53.9. The molecule has 0 bridgehead atoms. The number of aliphatic hydroxyl groups excluding tert-OH is 10. The van der Waals surface area contributed by atoms with Crippen molar-refractivity contribution in [2.24, 2.45) is 0 Å². The summed E-state index contributed by atoms with van der Waals surface area (Å²) in [6.45, 7) is -1.10. The summed E-state index contributed by atoms with van der Waals surface area (Å²) in [5.74, 6) is -4.28. The van der Waals surface area contributed by atoms with Gasteiger partial charge in [0.25, 0.3) is 35.4 Å². The van der Waals surface area contributed by atoms with E-state index in [2.05, 4.69) is 21.3 Å². The Balaban J connectivity index is 2.38. The summed E-state index contributed by atoms with van der Waals surface area (Å²) >= 11 is 11.2. The minimum absolute atomic E-state index is 0.00926. The number of rotatable bonds is 30. The largest absolute Gasteiger partial charge is 0.394 e. The van der Waals surface area contributed by atoms with Crippen molar-refractivity contribution in [3.05, 3.63) is 43.7 Å². The minimum Gasteiger partial charge on any atom is -0.394 e. The van der Waals surface area contributed by atoms with Gasteiger partial charge in [-0.3, -0.25) is 28.8 Å². The van der Waals surface area contributed by atoms with Crippen molar-refractivity contribution < 1.29 is 79.8 Å². The average molecular weight is 1680 g/mol. The van der Waals surface area contributed by atoms with Crippen LogP contribution < -0.4 is 31.1 Å². The number of nitrogens with one attached hydrogen (secondary N) is 4. The molecule has 2 aromatic rings. The molecule has 0 spiro atoms.